The van der Waals surface area contributed by atoms with Gasteiger partial charge in [-0.3, -0.25) is 14.5 Å². The van der Waals surface area contributed by atoms with E-state index in [9.17, 15) is 26.7 Å². The van der Waals surface area contributed by atoms with Gasteiger partial charge in [0, 0.05) is 47.9 Å². The van der Waals surface area contributed by atoms with Crippen molar-refractivity contribution in [2.75, 3.05) is 6.54 Å². The molecule has 1 aliphatic heterocycles. The van der Waals surface area contributed by atoms with Crippen LogP contribution in [0.1, 0.15) is 40.1 Å². The number of hydrogen-bond acceptors (Lipinski definition) is 3. The summed E-state index contributed by atoms with van der Waals surface area (Å²) in [6.45, 7) is 1.93. The van der Waals surface area contributed by atoms with Gasteiger partial charge < -0.3 is 4.90 Å². The van der Waals surface area contributed by atoms with Crippen molar-refractivity contribution in [3.8, 4) is 11.3 Å². The first kappa shape index (κ1) is 22.9. The van der Waals surface area contributed by atoms with Crippen LogP contribution in [0, 0.1) is 11.6 Å². The van der Waals surface area contributed by atoms with Crippen LogP contribution in [0.25, 0.3) is 22.2 Å². The molecule has 5 rings (SSSR count). The smallest absolute Gasteiger partial charge is 0.330 e. The summed E-state index contributed by atoms with van der Waals surface area (Å²) < 4.78 is 70.3. The SMILES string of the molecule is CC1c2nn(C)c(-c3cc(F)cc(F)c3)c2CCN1C(=O)c1cc(C(F)(F)F)c2ncccc2c1. The summed E-state index contributed by atoms with van der Waals surface area (Å²) >= 11 is 0. The van der Waals surface area contributed by atoms with E-state index in [-0.39, 0.29) is 23.0 Å². The van der Waals surface area contributed by atoms with Crippen molar-refractivity contribution < 1.29 is 26.7 Å². The highest BCUT2D eigenvalue weighted by Gasteiger charge is 2.37. The van der Waals surface area contributed by atoms with Gasteiger partial charge in [-0.15, -0.1) is 0 Å². The van der Waals surface area contributed by atoms with Crippen LogP contribution in [0.4, 0.5) is 22.0 Å². The number of carbonyl (C=O) groups is 1. The Labute approximate surface area is 196 Å². The maximum Gasteiger partial charge on any atom is 0.418 e. The summed E-state index contributed by atoms with van der Waals surface area (Å²) in [6.07, 6.45) is -3.08. The first-order valence-electron chi connectivity index (χ1n) is 10.8. The minimum absolute atomic E-state index is 0.100. The number of carbonyl (C=O) groups excluding carboxylic acids is 1. The van der Waals surface area contributed by atoms with Crippen molar-refractivity contribution in [2.24, 2.45) is 7.05 Å². The van der Waals surface area contributed by atoms with Crippen molar-refractivity contribution in [3.05, 3.63) is 82.7 Å². The summed E-state index contributed by atoms with van der Waals surface area (Å²) in [5.74, 6) is -2.01. The average molecular weight is 486 g/mol. The molecular formula is C25H19F5N4O. The molecule has 0 fully saturated rings. The quantitative estimate of drug-likeness (QED) is 0.342. The number of hydrogen-bond donors (Lipinski definition) is 0. The Balaban J connectivity index is 1.54. The van der Waals surface area contributed by atoms with Crippen molar-refractivity contribution in [3.63, 3.8) is 0 Å². The molecule has 0 N–H and O–H groups in total. The molecule has 0 saturated carbocycles. The molecule has 0 saturated heterocycles. The molecule has 1 unspecified atom stereocenters. The number of fused-ring (bicyclic) bond motifs is 2. The maximum atomic E-state index is 13.8. The predicted octanol–water partition coefficient (Wildman–Crippen LogP) is 5.69. The van der Waals surface area contributed by atoms with Crippen LogP contribution in [-0.4, -0.2) is 32.1 Å². The minimum Gasteiger partial charge on any atom is -0.330 e. The monoisotopic (exact) mass is 486 g/mol. The molecule has 0 spiro atoms. The van der Waals surface area contributed by atoms with Crippen LogP contribution in [0.3, 0.4) is 0 Å². The zero-order valence-electron chi connectivity index (χ0n) is 18.7. The molecule has 1 aliphatic rings. The second-order valence-corrected chi connectivity index (χ2v) is 8.52. The number of aromatic nitrogens is 3. The fourth-order valence-electron chi connectivity index (χ4n) is 4.77. The zero-order valence-corrected chi connectivity index (χ0v) is 18.7. The highest BCUT2D eigenvalue weighted by molar-refractivity contribution is 5.99. The Hall–Kier alpha value is -3.82. The fourth-order valence-corrected chi connectivity index (χ4v) is 4.77. The van der Waals surface area contributed by atoms with E-state index < -0.39 is 35.3 Å². The Morgan fingerprint density at radius 3 is 2.49 bits per heavy atom. The summed E-state index contributed by atoms with van der Waals surface area (Å²) in [5, 5.41) is 4.70. The maximum absolute atomic E-state index is 13.8. The molecule has 35 heavy (non-hydrogen) atoms. The lowest BCUT2D eigenvalue weighted by molar-refractivity contribution is -0.136. The zero-order chi connectivity index (χ0) is 25.1. The molecule has 3 heterocycles. The van der Waals surface area contributed by atoms with Crippen molar-refractivity contribution >= 4 is 16.8 Å². The van der Waals surface area contributed by atoms with Crippen LogP contribution < -0.4 is 0 Å². The van der Waals surface area contributed by atoms with Crippen LogP contribution in [-0.2, 0) is 19.6 Å². The minimum atomic E-state index is -4.68. The number of benzene rings is 2. The number of nitrogens with zero attached hydrogens (tertiary/aromatic N) is 4. The van der Waals surface area contributed by atoms with E-state index >= 15 is 0 Å². The highest BCUT2D eigenvalue weighted by atomic mass is 19.4. The number of pyridine rings is 1. The molecule has 0 bridgehead atoms. The largest absolute Gasteiger partial charge is 0.418 e. The van der Waals surface area contributed by atoms with E-state index in [1.165, 1.54) is 46.1 Å². The molecule has 180 valence electrons. The van der Waals surface area contributed by atoms with Crippen molar-refractivity contribution in [1.29, 1.82) is 0 Å². The van der Waals surface area contributed by atoms with Crippen LogP contribution in [0.2, 0.25) is 0 Å². The molecule has 1 atom stereocenters. The third-order valence-corrected chi connectivity index (χ3v) is 6.30. The first-order valence-corrected chi connectivity index (χ1v) is 10.8. The number of halogens is 5. The third-order valence-electron chi connectivity index (χ3n) is 6.30. The molecule has 2 aromatic carbocycles. The second-order valence-electron chi connectivity index (χ2n) is 8.52. The van der Waals surface area contributed by atoms with Crippen LogP contribution >= 0.6 is 0 Å². The van der Waals surface area contributed by atoms with Crippen molar-refractivity contribution in [2.45, 2.75) is 25.6 Å². The normalized spacial score (nSPS) is 16.0. The van der Waals surface area contributed by atoms with E-state index in [0.717, 1.165) is 17.7 Å². The Kier molecular flexibility index (Phi) is 5.34. The first-order chi connectivity index (χ1) is 16.5. The average Bonchev–Trinajstić information content (AvgIpc) is 3.13. The molecular weight excluding hydrogens is 467 g/mol. The van der Waals surface area contributed by atoms with Gasteiger partial charge in [-0.2, -0.15) is 18.3 Å². The molecule has 10 heteroatoms. The Morgan fingerprint density at radius 2 is 1.80 bits per heavy atom. The van der Waals surface area contributed by atoms with Gasteiger partial charge in [0.05, 0.1) is 28.5 Å². The number of amides is 1. The fraction of sp³-hybridized carbons (Fsp3) is 0.240. The molecule has 0 radical (unpaired) electrons. The molecule has 1 amide bonds. The number of aryl methyl sites for hydroxylation is 1. The summed E-state index contributed by atoms with van der Waals surface area (Å²) in [5.41, 5.74) is 0.838. The lowest BCUT2D eigenvalue weighted by atomic mass is 9.94. The molecule has 0 aliphatic carbocycles. The molecule has 4 aromatic rings. The van der Waals surface area contributed by atoms with Crippen molar-refractivity contribution in [1.82, 2.24) is 19.7 Å². The van der Waals surface area contributed by atoms with E-state index in [4.69, 9.17) is 0 Å². The van der Waals surface area contributed by atoms with Gasteiger partial charge in [-0.25, -0.2) is 8.78 Å². The third kappa shape index (κ3) is 3.92. The van der Waals surface area contributed by atoms with Gasteiger partial charge in [0.1, 0.15) is 11.6 Å². The predicted molar refractivity (Wildman–Crippen MR) is 118 cm³/mol. The van der Waals surface area contributed by atoms with E-state index in [0.29, 0.717) is 23.4 Å². The summed E-state index contributed by atoms with van der Waals surface area (Å²) in [7, 11) is 1.64. The number of rotatable bonds is 2. The van der Waals surface area contributed by atoms with Crippen LogP contribution in [0.15, 0.2) is 48.7 Å². The lowest BCUT2D eigenvalue weighted by Crippen LogP contribution is -2.39. The molecule has 5 nitrogen and oxygen atoms in total. The lowest BCUT2D eigenvalue weighted by Gasteiger charge is -2.33. The number of alkyl halides is 3. The summed E-state index contributed by atoms with van der Waals surface area (Å²) in [6, 6.07) is 7.87. The van der Waals surface area contributed by atoms with Gasteiger partial charge >= 0.3 is 6.18 Å². The van der Waals surface area contributed by atoms with Crippen LogP contribution in [0.5, 0.6) is 0 Å². The van der Waals surface area contributed by atoms with E-state index in [1.54, 1.807) is 14.0 Å². The standard InChI is InChI=1S/C25H19F5N4O/c1-13-21-19(23(33(2)32-21)15-9-17(26)12-18(27)10-15)5-7-34(13)24(35)16-8-14-4-3-6-31-22(14)20(11-16)25(28,29)30/h3-4,6,8-13H,5,7H2,1-2H3. The van der Waals surface area contributed by atoms with Gasteiger partial charge in [0.25, 0.3) is 5.91 Å². The Bertz CT molecular complexity index is 1460. The van der Waals surface area contributed by atoms with Gasteiger partial charge in [-0.1, -0.05) is 6.07 Å². The Morgan fingerprint density at radius 1 is 1.09 bits per heavy atom. The van der Waals surface area contributed by atoms with Gasteiger partial charge in [0.15, 0.2) is 0 Å². The highest BCUT2D eigenvalue weighted by Crippen LogP contribution is 2.38. The van der Waals surface area contributed by atoms with E-state index in [1.807, 2.05) is 0 Å². The van der Waals surface area contributed by atoms with Gasteiger partial charge in [0.2, 0.25) is 0 Å². The summed E-state index contributed by atoms with van der Waals surface area (Å²) in [4.78, 5) is 18.7. The topological polar surface area (TPSA) is 51.0 Å². The second kappa shape index (κ2) is 8.14. The van der Waals surface area contributed by atoms with Gasteiger partial charge in [-0.05, 0) is 43.7 Å². The molecule has 2 aromatic heterocycles. The van der Waals surface area contributed by atoms with E-state index in [2.05, 4.69) is 10.1 Å².